The monoisotopic (exact) mass is 659 g/mol. The van der Waals surface area contributed by atoms with E-state index in [9.17, 15) is 0 Å². The van der Waals surface area contributed by atoms with Gasteiger partial charge < -0.3 is 4.57 Å². The van der Waals surface area contributed by atoms with Gasteiger partial charge in [0.05, 0.1) is 27.8 Å². The molecule has 0 spiro atoms. The molecule has 0 saturated carbocycles. The van der Waals surface area contributed by atoms with E-state index in [4.69, 9.17) is 4.98 Å². The van der Waals surface area contributed by atoms with Crippen LogP contribution in [0.3, 0.4) is 0 Å². The van der Waals surface area contributed by atoms with Gasteiger partial charge in [-0.15, -0.1) is 0 Å². The Balaban J connectivity index is 1.03. The highest BCUT2D eigenvalue weighted by atomic mass is 15.1. The molecular weight excluding hydrogens is 631 g/mol. The molecule has 1 aliphatic carbocycles. The van der Waals surface area contributed by atoms with Gasteiger partial charge in [0.1, 0.15) is 5.82 Å². The Morgan fingerprint density at radius 1 is 0.346 bits per heavy atom. The van der Waals surface area contributed by atoms with Crippen LogP contribution in [0.5, 0.6) is 0 Å². The van der Waals surface area contributed by atoms with Gasteiger partial charge in [0.25, 0.3) is 0 Å². The predicted molar refractivity (Wildman–Crippen MR) is 218 cm³/mol. The van der Waals surface area contributed by atoms with Crippen LogP contribution in [0.15, 0.2) is 176 Å². The summed E-state index contributed by atoms with van der Waals surface area (Å²) in [5, 5.41) is 10.0. The smallest absolute Gasteiger partial charge is 0.138 e. The average Bonchev–Trinajstić information content (AvgIpc) is 3.84. The number of para-hydroxylation sites is 2. The SMILES string of the molecule is c1ccc2cc(-n3c4ccccc4c4cc(-c5ccc6c(c5)c5ccccc5n6-c5ccc6c(n5)-c5cccc7cccc-6c57)ccc43)ccc2c1. The van der Waals surface area contributed by atoms with Gasteiger partial charge in [-0.25, -0.2) is 4.98 Å². The maximum atomic E-state index is 5.38. The molecule has 0 amide bonds. The molecule has 3 aromatic heterocycles. The van der Waals surface area contributed by atoms with Gasteiger partial charge in [0.15, 0.2) is 0 Å². The molecular formula is C49H29N3. The van der Waals surface area contributed by atoms with Crippen molar-refractivity contribution in [2.45, 2.75) is 0 Å². The summed E-state index contributed by atoms with van der Waals surface area (Å²) in [5.74, 6) is 0.936. The minimum atomic E-state index is 0.936. The van der Waals surface area contributed by atoms with Crippen LogP contribution >= 0.6 is 0 Å². The highest BCUT2D eigenvalue weighted by molar-refractivity contribution is 6.15. The molecule has 3 heterocycles. The number of pyridine rings is 1. The number of hydrogen-bond donors (Lipinski definition) is 0. The lowest BCUT2D eigenvalue weighted by atomic mass is 10.0. The van der Waals surface area contributed by atoms with Crippen molar-refractivity contribution in [2.75, 3.05) is 0 Å². The zero-order chi connectivity index (χ0) is 33.9. The molecule has 0 atom stereocenters. The van der Waals surface area contributed by atoms with Gasteiger partial charge in [-0.05, 0) is 98.9 Å². The van der Waals surface area contributed by atoms with Crippen LogP contribution in [0, 0.1) is 0 Å². The summed E-state index contributed by atoms with van der Waals surface area (Å²) >= 11 is 0. The van der Waals surface area contributed by atoms with Crippen molar-refractivity contribution in [1.29, 1.82) is 0 Å². The number of fused-ring (bicyclic) bond motifs is 10. The lowest BCUT2D eigenvalue weighted by Gasteiger charge is -2.11. The molecule has 0 aliphatic heterocycles. The molecule has 240 valence electrons. The Hall–Kier alpha value is -6.97. The molecule has 3 nitrogen and oxygen atoms in total. The maximum absolute atomic E-state index is 5.38. The Labute approximate surface area is 299 Å². The first-order chi connectivity index (χ1) is 25.8. The summed E-state index contributed by atoms with van der Waals surface area (Å²) in [5.41, 5.74) is 13.1. The molecule has 0 bridgehead atoms. The highest BCUT2D eigenvalue weighted by Gasteiger charge is 2.24. The van der Waals surface area contributed by atoms with Crippen LogP contribution in [-0.4, -0.2) is 14.1 Å². The summed E-state index contributed by atoms with van der Waals surface area (Å²) in [6.45, 7) is 0. The molecule has 0 unspecified atom stereocenters. The van der Waals surface area contributed by atoms with E-state index in [1.165, 1.54) is 87.6 Å². The van der Waals surface area contributed by atoms with Crippen molar-refractivity contribution < 1.29 is 0 Å². The first-order valence-corrected chi connectivity index (χ1v) is 17.9. The normalized spacial score (nSPS) is 12.2. The Morgan fingerprint density at radius 2 is 0.942 bits per heavy atom. The second-order valence-electron chi connectivity index (χ2n) is 14.0. The fraction of sp³-hybridized carbons (Fsp3) is 0. The lowest BCUT2D eigenvalue weighted by molar-refractivity contribution is 1.09. The van der Waals surface area contributed by atoms with Gasteiger partial charge in [0, 0.05) is 38.4 Å². The number of aromatic nitrogens is 3. The largest absolute Gasteiger partial charge is 0.309 e. The highest BCUT2D eigenvalue weighted by Crippen LogP contribution is 2.47. The molecule has 3 heteroatoms. The quantitative estimate of drug-likeness (QED) is 0.185. The van der Waals surface area contributed by atoms with Crippen LogP contribution in [0.1, 0.15) is 0 Å². The summed E-state index contributed by atoms with van der Waals surface area (Å²) < 4.78 is 4.73. The standard InChI is InChI=1S/C49H29N3/c1-2-10-32-27-35(22-19-30(32)9-1)51-43-17-5-3-13-36(43)41-28-33(20-24-45(41)51)34-21-25-46-42(29-34)37-14-4-6-18-44(37)52(46)47-26-23-39-38-15-7-11-31-12-8-16-40(48(31)38)49(39)50-47/h1-29H. The summed E-state index contributed by atoms with van der Waals surface area (Å²) in [6, 6.07) is 64.2. The average molecular weight is 660 g/mol. The van der Waals surface area contributed by atoms with E-state index < -0.39 is 0 Å². The van der Waals surface area contributed by atoms with E-state index >= 15 is 0 Å². The topological polar surface area (TPSA) is 22.8 Å². The Bertz CT molecular complexity index is 3300. The molecule has 11 aromatic rings. The fourth-order valence-corrected chi connectivity index (χ4v) is 8.90. The van der Waals surface area contributed by atoms with Crippen molar-refractivity contribution in [3.63, 3.8) is 0 Å². The second-order valence-corrected chi connectivity index (χ2v) is 14.0. The third-order valence-corrected chi connectivity index (χ3v) is 11.2. The van der Waals surface area contributed by atoms with E-state index in [0.29, 0.717) is 0 Å². The number of hydrogen-bond acceptors (Lipinski definition) is 1. The third kappa shape index (κ3) is 3.77. The Morgan fingerprint density at radius 3 is 1.69 bits per heavy atom. The molecule has 0 radical (unpaired) electrons. The van der Waals surface area contributed by atoms with Crippen LogP contribution in [0.2, 0.25) is 0 Å². The van der Waals surface area contributed by atoms with Gasteiger partial charge in [-0.1, -0.05) is 115 Å². The van der Waals surface area contributed by atoms with Crippen LogP contribution < -0.4 is 0 Å². The van der Waals surface area contributed by atoms with E-state index in [2.05, 4.69) is 185 Å². The maximum Gasteiger partial charge on any atom is 0.138 e. The summed E-state index contributed by atoms with van der Waals surface area (Å²) in [4.78, 5) is 5.38. The van der Waals surface area contributed by atoms with Crippen LogP contribution in [0.4, 0.5) is 0 Å². The van der Waals surface area contributed by atoms with Crippen molar-refractivity contribution in [3.8, 4) is 45.0 Å². The second kappa shape index (κ2) is 10.3. The van der Waals surface area contributed by atoms with E-state index in [1.807, 2.05) is 0 Å². The van der Waals surface area contributed by atoms with E-state index in [1.54, 1.807) is 0 Å². The van der Waals surface area contributed by atoms with Crippen LogP contribution in [0.25, 0.3) is 110 Å². The lowest BCUT2D eigenvalue weighted by Crippen LogP contribution is -1.98. The molecule has 0 N–H and O–H groups in total. The minimum Gasteiger partial charge on any atom is -0.309 e. The summed E-state index contributed by atoms with van der Waals surface area (Å²) in [7, 11) is 0. The van der Waals surface area contributed by atoms with Crippen molar-refractivity contribution in [2.24, 2.45) is 0 Å². The first kappa shape index (κ1) is 27.8. The zero-order valence-corrected chi connectivity index (χ0v) is 28.1. The predicted octanol–water partition coefficient (Wildman–Crippen LogP) is 12.9. The number of nitrogens with zero attached hydrogens (tertiary/aromatic N) is 3. The molecule has 52 heavy (non-hydrogen) atoms. The number of benzene rings is 8. The fourth-order valence-electron chi connectivity index (χ4n) is 8.90. The number of rotatable bonds is 3. The zero-order valence-electron chi connectivity index (χ0n) is 28.1. The molecule has 8 aromatic carbocycles. The van der Waals surface area contributed by atoms with E-state index in [-0.39, 0.29) is 0 Å². The van der Waals surface area contributed by atoms with Crippen molar-refractivity contribution in [3.05, 3.63) is 176 Å². The molecule has 0 fully saturated rings. The van der Waals surface area contributed by atoms with Crippen LogP contribution in [-0.2, 0) is 0 Å². The van der Waals surface area contributed by atoms with Gasteiger partial charge in [0.2, 0.25) is 0 Å². The summed E-state index contributed by atoms with van der Waals surface area (Å²) in [6.07, 6.45) is 0. The molecule has 12 rings (SSSR count). The van der Waals surface area contributed by atoms with Crippen molar-refractivity contribution >= 4 is 65.2 Å². The molecule has 1 aliphatic rings. The van der Waals surface area contributed by atoms with E-state index in [0.717, 1.165) is 22.5 Å². The first-order valence-electron chi connectivity index (χ1n) is 17.9. The minimum absolute atomic E-state index is 0.936. The molecule has 0 saturated heterocycles. The van der Waals surface area contributed by atoms with Gasteiger partial charge in [-0.2, -0.15) is 0 Å². The van der Waals surface area contributed by atoms with Gasteiger partial charge in [-0.3, -0.25) is 4.57 Å². The third-order valence-electron chi connectivity index (χ3n) is 11.2. The van der Waals surface area contributed by atoms with Gasteiger partial charge >= 0.3 is 0 Å². The van der Waals surface area contributed by atoms with Crippen molar-refractivity contribution in [1.82, 2.24) is 14.1 Å². The Kier molecular flexibility index (Phi) is 5.50.